The van der Waals surface area contributed by atoms with Crippen LogP contribution in [-0.4, -0.2) is 24.8 Å². The summed E-state index contributed by atoms with van der Waals surface area (Å²) in [6, 6.07) is 3.65. The van der Waals surface area contributed by atoms with Crippen molar-refractivity contribution >= 4 is 21.9 Å². The van der Waals surface area contributed by atoms with E-state index in [4.69, 9.17) is 9.47 Å². The largest absolute Gasteiger partial charge is 0.493 e. The van der Waals surface area contributed by atoms with E-state index in [-0.39, 0.29) is 0 Å². The van der Waals surface area contributed by atoms with Crippen molar-refractivity contribution in [2.24, 2.45) is 5.92 Å². The van der Waals surface area contributed by atoms with E-state index < -0.39 is 11.4 Å². The van der Waals surface area contributed by atoms with Gasteiger partial charge in [0.2, 0.25) is 0 Å². The van der Waals surface area contributed by atoms with Crippen molar-refractivity contribution in [1.29, 1.82) is 0 Å². The summed E-state index contributed by atoms with van der Waals surface area (Å²) in [5.74, 6) is 1.01. The van der Waals surface area contributed by atoms with Gasteiger partial charge in [-0.2, -0.15) is 0 Å². The first-order valence-corrected chi connectivity index (χ1v) is 7.61. The molecule has 108 valence electrons. The molecule has 5 heteroatoms. The molecule has 2 aliphatic rings. The Labute approximate surface area is 126 Å². The van der Waals surface area contributed by atoms with Gasteiger partial charge in [0, 0.05) is 10.0 Å². The number of carbonyl (C=O) groups is 1. The highest BCUT2D eigenvalue weighted by Gasteiger charge is 2.55. The fourth-order valence-corrected chi connectivity index (χ4v) is 3.16. The van der Waals surface area contributed by atoms with E-state index in [0.29, 0.717) is 36.9 Å². The van der Waals surface area contributed by atoms with Crippen LogP contribution in [0.1, 0.15) is 31.2 Å². The van der Waals surface area contributed by atoms with E-state index in [9.17, 15) is 9.90 Å². The zero-order valence-electron chi connectivity index (χ0n) is 11.3. The van der Waals surface area contributed by atoms with Crippen LogP contribution < -0.4 is 9.47 Å². The normalized spacial score (nSPS) is 19.5. The summed E-state index contributed by atoms with van der Waals surface area (Å²) in [7, 11) is 1.58. The Bertz CT molecular complexity index is 547. The summed E-state index contributed by atoms with van der Waals surface area (Å²) in [4.78, 5) is 11.6. The molecule has 0 unspecified atom stereocenters. The molecule has 0 amide bonds. The molecule has 4 nitrogen and oxygen atoms in total. The number of benzene rings is 1. The quantitative estimate of drug-likeness (QED) is 0.862. The average molecular weight is 341 g/mol. The maximum Gasteiger partial charge on any atom is 0.314 e. The van der Waals surface area contributed by atoms with Gasteiger partial charge in [-0.05, 0) is 43.7 Å². The number of rotatable bonds is 6. The van der Waals surface area contributed by atoms with Crippen LogP contribution >= 0.6 is 15.9 Å². The van der Waals surface area contributed by atoms with E-state index in [1.807, 2.05) is 12.1 Å². The minimum Gasteiger partial charge on any atom is -0.493 e. The van der Waals surface area contributed by atoms with Crippen LogP contribution in [0, 0.1) is 5.92 Å². The van der Waals surface area contributed by atoms with Gasteiger partial charge in [0.05, 0.1) is 19.1 Å². The smallest absolute Gasteiger partial charge is 0.314 e. The number of methoxy groups -OCH3 is 1. The van der Waals surface area contributed by atoms with Gasteiger partial charge in [-0.3, -0.25) is 4.79 Å². The lowest BCUT2D eigenvalue weighted by Gasteiger charge is -2.20. The number of hydrogen-bond donors (Lipinski definition) is 1. The zero-order valence-corrected chi connectivity index (χ0v) is 12.9. The van der Waals surface area contributed by atoms with Crippen LogP contribution in [0.5, 0.6) is 11.5 Å². The van der Waals surface area contributed by atoms with Gasteiger partial charge in [0.1, 0.15) is 0 Å². The summed E-state index contributed by atoms with van der Waals surface area (Å²) in [6.07, 6.45) is 3.67. The minimum atomic E-state index is -0.813. The van der Waals surface area contributed by atoms with E-state index >= 15 is 0 Å². The number of carboxylic acids is 1. The highest BCUT2D eigenvalue weighted by atomic mass is 79.9. The van der Waals surface area contributed by atoms with Crippen molar-refractivity contribution in [2.45, 2.75) is 31.1 Å². The Hall–Kier alpha value is -1.23. The molecule has 0 aromatic heterocycles. The predicted molar refractivity (Wildman–Crippen MR) is 77.5 cm³/mol. The lowest BCUT2D eigenvalue weighted by atomic mass is 9.94. The maximum absolute atomic E-state index is 11.6. The molecule has 1 aromatic carbocycles. The molecule has 0 bridgehead atoms. The second-order valence-electron chi connectivity index (χ2n) is 5.60. The molecule has 0 saturated heterocycles. The van der Waals surface area contributed by atoms with E-state index in [2.05, 4.69) is 15.9 Å². The van der Waals surface area contributed by atoms with Crippen molar-refractivity contribution in [3.05, 3.63) is 22.2 Å². The van der Waals surface area contributed by atoms with Crippen molar-refractivity contribution in [1.82, 2.24) is 0 Å². The van der Waals surface area contributed by atoms with Crippen molar-refractivity contribution < 1.29 is 19.4 Å². The first kappa shape index (κ1) is 13.7. The van der Waals surface area contributed by atoms with E-state index in [1.54, 1.807) is 7.11 Å². The first-order valence-electron chi connectivity index (χ1n) is 6.81. The van der Waals surface area contributed by atoms with Crippen molar-refractivity contribution in [3.63, 3.8) is 0 Å². The van der Waals surface area contributed by atoms with E-state index in [0.717, 1.165) is 10.0 Å². The second-order valence-corrected chi connectivity index (χ2v) is 6.45. The molecule has 2 fully saturated rings. The number of ether oxygens (including phenoxy) is 2. The Balaban J connectivity index is 2.03. The highest BCUT2D eigenvalue weighted by molar-refractivity contribution is 9.10. The van der Waals surface area contributed by atoms with Crippen LogP contribution in [0.3, 0.4) is 0 Å². The standard InChI is InChI=1S/C15H17BrO4/c1-19-11-5-4-10(16)12(15(6-7-15)14(17)18)13(11)20-8-9-2-3-9/h4-5,9H,2-3,6-8H2,1H3,(H,17,18). The van der Waals surface area contributed by atoms with Gasteiger partial charge < -0.3 is 14.6 Å². The molecule has 0 radical (unpaired) electrons. The van der Waals surface area contributed by atoms with Gasteiger partial charge in [-0.25, -0.2) is 0 Å². The summed E-state index contributed by atoms with van der Waals surface area (Å²) in [5, 5.41) is 9.54. The zero-order chi connectivity index (χ0) is 14.3. The summed E-state index contributed by atoms with van der Waals surface area (Å²) < 4.78 is 12.1. The summed E-state index contributed by atoms with van der Waals surface area (Å²) >= 11 is 3.48. The Morgan fingerprint density at radius 3 is 2.65 bits per heavy atom. The van der Waals surface area contributed by atoms with Crippen LogP contribution in [-0.2, 0) is 10.2 Å². The van der Waals surface area contributed by atoms with Crippen LogP contribution in [0.15, 0.2) is 16.6 Å². The van der Waals surface area contributed by atoms with Crippen molar-refractivity contribution in [3.8, 4) is 11.5 Å². The molecule has 0 atom stereocenters. The van der Waals surface area contributed by atoms with Gasteiger partial charge in [-0.15, -0.1) is 0 Å². The number of carboxylic acid groups (broad SMARTS) is 1. The van der Waals surface area contributed by atoms with Crippen molar-refractivity contribution in [2.75, 3.05) is 13.7 Å². The molecule has 0 aliphatic heterocycles. The monoisotopic (exact) mass is 340 g/mol. The van der Waals surface area contributed by atoms with Gasteiger partial charge in [-0.1, -0.05) is 15.9 Å². The average Bonchev–Trinajstić information content (AvgIpc) is 3.29. The number of hydrogen-bond acceptors (Lipinski definition) is 3. The van der Waals surface area contributed by atoms with Gasteiger partial charge in [0.25, 0.3) is 0 Å². The maximum atomic E-state index is 11.6. The Morgan fingerprint density at radius 1 is 1.45 bits per heavy atom. The molecule has 3 rings (SSSR count). The summed E-state index contributed by atoms with van der Waals surface area (Å²) in [6.45, 7) is 0.634. The molecule has 2 aliphatic carbocycles. The van der Waals surface area contributed by atoms with E-state index in [1.165, 1.54) is 12.8 Å². The fraction of sp³-hybridized carbons (Fsp3) is 0.533. The third-order valence-electron chi connectivity index (χ3n) is 4.09. The van der Waals surface area contributed by atoms with Gasteiger partial charge in [0.15, 0.2) is 11.5 Å². The molecular formula is C15H17BrO4. The molecule has 0 heterocycles. The van der Waals surface area contributed by atoms with Gasteiger partial charge >= 0.3 is 5.97 Å². The number of halogens is 1. The highest BCUT2D eigenvalue weighted by Crippen LogP contribution is 2.56. The van der Waals surface area contributed by atoms with Crippen LogP contribution in [0.4, 0.5) is 0 Å². The lowest BCUT2D eigenvalue weighted by Crippen LogP contribution is -2.22. The molecule has 0 spiro atoms. The molecule has 1 aromatic rings. The molecule has 2 saturated carbocycles. The lowest BCUT2D eigenvalue weighted by molar-refractivity contribution is -0.140. The number of aliphatic carboxylic acids is 1. The summed E-state index contributed by atoms with van der Waals surface area (Å²) in [5.41, 5.74) is -0.0864. The third kappa shape index (κ3) is 2.28. The van der Waals surface area contributed by atoms with Crippen LogP contribution in [0.2, 0.25) is 0 Å². The topological polar surface area (TPSA) is 55.8 Å². The minimum absolute atomic E-state index is 0.591. The molecular weight excluding hydrogens is 324 g/mol. The second kappa shape index (κ2) is 4.95. The first-order chi connectivity index (χ1) is 9.58. The SMILES string of the molecule is COc1ccc(Br)c(C2(C(=O)O)CC2)c1OCC1CC1. The fourth-order valence-electron chi connectivity index (χ4n) is 2.47. The molecule has 1 N–H and O–H groups in total. The predicted octanol–water partition coefficient (Wildman–Crippen LogP) is 3.36. The Kier molecular flexibility index (Phi) is 3.40. The molecule has 20 heavy (non-hydrogen) atoms. The Morgan fingerprint density at radius 2 is 2.15 bits per heavy atom. The third-order valence-corrected chi connectivity index (χ3v) is 4.75. The van der Waals surface area contributed by atoms with Crippen LogP contribution in [0.25, 0.3) is 0 Å².